The molecule has 0 radical (unpaired) electrons. The molecular formula is C13H16FNO2. The van der Waals surface area contributed by atoms with Crippen LogP contribution in [0, 0.1) is 0 Å². The van der Waals surface area contributed by atoms with Gasteiger partial charge in [0.05, 0.1) is 0 Å². The number of benzene rings is 1. The second-order valence-corrected chi connectivity index (χ2v) is 4.71. The van der Waals surface area contributed by atoms with E-state index in [0.29, 0.717) is 19.3 Å². The topological polar surface area (TPSA) is 49.3 Å². The fourth-order valence-electron chi connectivity index (χ4n) is 1.78. The molecule has 1 atom stereocenters. The molecule has 0 spiro atoms. The van der Waals surface area contributed by atoms with Crippen molar-refractivity contribution in [2.45, 2.75) is 37.9 Å². The molecule has 1 aromatic rings. The minimum absolute atomic E-state index is 0.141. The van der Waals surface area contributed by atoms with E-state index in [-0.39, 0.29) is 11.8 Å². The number of carbonyl (C=O) groups excluding carboxylic acids is 1. The Morgan fingerprint density at radius 2 is 2.29 bits per heavy atom. The molecule has 2 rings (SSSR count). The van der Waals surface area contributed by atoms with Crippen LogP contribution in [0.3, 0.4) is 0 Å². The van der Waals surface area contributed by atoms with E-state index in [1.54, 1.807) is 18.2 Å². The number of rotatable bonds is 4. The molecule has 0 aliphatic heterocycles. The van der Waals surface area contributed by atoms with E-state index >= 15 is 0 Å². The summed E-state index contributed by atoms with van der Waals surface area (Å²) in [5, 5.41) is 12.0. The van der Waals surface area contributed by atoms with Crippen LogP contribution in [0.25, 0.3) is 0 Å². The molecule has 2 N–H and O–H groups in total. The summed E-state index contributed by atoms with van der Waals surface area (Å²) in [7, 11) is 0. The maximum Gasteiger partial charge on any atom is 0.257 e. The van der Waals surface area contributed by atoms with Crippen LogP contribution in [0.1, 0.15) is 25.3 Å². The SMILES string of the molecule is CC(Cc1cccc(O)c1)NC(=O)C1(F)CC1. The number of carbonyl (C=O) groups is 1. The van der Waals surface area contributed by atoms with Crippen molar-refractivity contribution >= 4 is 5.91 Å². The number of phenolic OH excluding ortho intramolecular Hbond substituents is 1. The maximum absolute atomic E-state index is 13.4. The summed E-state index contributed by atoms with van der Waals surface area (Å²) in [5.41, 5.74) is -0.700. The van der Waals surface area contributed by atoms with E-state index in [2.05, 4.69) is 5.32 Å². The Hall–Kier alpha value is -1.58. The minimum Gasteiger partial charge on any atom is -0.508 e. The van der Waals surface area contributed by atoms with Gasteiger partial charge in [0, 0.05) is 6.04 Å². The lowest BCUT2D eigenvalue weighted by molar-refractivity contribution is -0.128. The minimum atomic E-state index is -1.62. The van der Waals surface area contributed by atoms with Crippen molar-refractivity contribution in [3.05, 3.63) is 29.8 Å². The van der Waals surface area contributed by atoms with Crippen LogP contribution in [0.15, 0.2) is 24.3 Å². The number of amides is 1. The third-order valence-electron chi connectivity index (χ3n) is 2.93. The van der Waals surface area contributed by atoms with Crippen LogP contribution in [0.2, 0.25) is 0 Å². The predicted octanol–water partition coefficient (Wildman–Crippen LogP) is 1.94. The average molecular weight is 237 g/mol. The van der Waals surface area contributed by atoms with Gasteiger partial charge < -0.3 is 10.4 Å². The number of aromatic hydroxyl groups is 1. The van der Waals surface area contributed by atoms with Crippen molar-refractivity contribution in [2.24, 2.45) is 0 Å². The second kappa shape index (κ2) is 4.35. The van der Waals surface area contributed by atoms with Gasteiger partial charge in [-0.3, -0.25) is 4.79 Å². The van der Waals surface area contributed by atoms with Crippen LogP contribution in [-0.2, 0) is 11.2 Å². The molecule has 17 heavy (non-hydrogen) atoms. The molecule has 0 aromatic heterocycles. The Balaban J connectivity index is 1.89. The van der Waals surface area contributed by atoms with Gasteiger partial charge in [-0.25, -0.2) is 4.39 Å². The summed E-state index contributed by atoms with van der Waals surface area (Å²) in [6, 6.07) is 6.71. The first-order valence-electron chi connectivity index (χ1n) is 5.77. The highest BCUT2D eigenvalue weighted by molar-refractivity contribution is 5.88. The number of hydrogen-bond donors (Lipinski definition) is 2. The summed E-state index contributed by atoms with van der Waals surface area (Å²) in [6.45, 7) is 1.83. The zero-order valence-electron chi connectivity index (χ0n) is 9.74. The normalized spacial score (nSPS) is 18.5. The van der Waals surface area contributed by atoms with Crippen LogP contribution in [0.4, 0.5) is 4.39 Å². The number of halogens is 1. The molecule has 4 heteroatoms. The first-order valence-corrected chi connectivity index (χ1v) is 5.77. The number of nitrogens with one attached hydrogen (secondary N) is 1. The monoisotopic (exact) mass is 237 g/mol. The Labute approximate surface area is 99.7 Å². The van der Waals surface area contributed by atoms with E-state index < -0.39 is 11.6 Å². The fraction of sp³-hybridized carbons (Fsp3) is 0.462. The molecule has 3 nitrogen and oxygen atoms in total. The molecule has 92 valence electrons. The number of alkyl halides is 1. The zero-order valence-corrected chi connectivity index (χ0v) is 9.74. The van der Waals surface area contributed by atoms with Gasteiger partial charge in [0.15, 0.2) is 5.67 Å². The maximum atomic E-state index is 13.4. The lowest BCUT2D eigenvalue weighted by Crippen LogP contribution is -2.40. The molecule has 0 saturated heterocycles. The number of phenols is 1. The van der Waals surface area contributed by atoms with Crippen LogP contribution >= 0.6 is 0 Å². The molecule has 1 aromatic carbocycles. The van der Waals surface area contributed by atoms with Crippen molar-refractivity contribution in [3.8, 4) is 5.75 Å². The average Bonchev–Trinajstić information content (AvgIpc) is 2.97. The van der Waals surface area contributed by atoms with Crippen molar-refractivity contribution in [2.75, 3.05) is 0 Å². The first kappa shape index (κ1) is 11.9. The predicted molar refractivity (Wildman–Crippen MR) is 62.5 cm³/mol. The Morgan fingerprint density at radius 1 is 1.59 bits per heavy atom. The Kier molecular flexibility index (Phi) is 3.05. The third kappa shape index (κ3) is 2.96. The van der Waals surface area contributed by atoms with Gasteiger partial charge in [-0.1, -0.05) is 12.1 Å². The van der Waals surface area contributed by atoms with Gasteiger partial charge >= 0.3 is 0 Å². The molecule has 1 aliphatic carbocycles. The fourth-order valence-corrected chi connectivity index (χ4v) is 1.78. The van der Waals surface area contributed by atoms with Crippen LogP contribution in [-0.4, -0.2) is 22.7 Å². The molecule has 1 aliphatic rings. The highest BCUT2D eigenvalue weighted by Gasteiger charge is 2.50. The van der Waals surface area contributed by atoms with E-state index in [1.807, 2.05) is 13.0 Å². The third-order valence-corrected chi connectivity index (χ3v) is 2.93. The largest absolute Gasteiger partial charge is 0.508 e. The number of hydrogen-bond acceptors (Lipinski definition) is 2. The highest BCUT2D eigenvalue weighted by Crippen LogP contribution is 2.39. The van der Waals surface area contributed by atoms with Crippen molar-refractivity contribution in [1.82, 2.24) is 5.32 Å². The zero-order chi connectivity index (χ0) is 12.5. The van der Waals surface area contributed by atoms with Gasteiger partial charge in [-0.15, -0.1) is 0 Å². The van der Waals surface area contributed by atoms with Crippen molar-refractivity contribution in [3.63, 3.8) is 0 Å². The smallest absolute Gasteiger partial charge is 0.257 e. The Bertz CT molecular complexity index is 429. The van der Waals surface area contributed by atoms with E-state index in [1.165, 1.54) is 0 Å². The Morgan fingerprint density at radius 3 is 2.88 bits per heavy atom. The van der Waals surface area contributed by atoms with Crippen LogP contribution < -0.4 is 5.32 Å². The first-order chi connectivity index (χ1) is 7.99. The van der Waals surface area contributed by atoms with Gasteiger partial charge in [-0.2, -0.15) is 0 Å². The summed E-state index contributed by atoms with van der Waals surface area (Å²) < 4.78 is 13.4. The van der Waals surface area contributed by atoms with E-state index in [9.17, 15) is 14.3 Å². The quantitative estimate of drug-likeness (QED) is 0.840. The van der Waals surface area contributed by atoms with E-state index in [4.69, 9.17) is 0 Å². The molecule has 1 unspecified atom stereocenters. The molecule has 1 fully saturated rings. The van der Waals surface area contributed by atoms with Crippen LogP contribution in [0.5, 0.6) is 5.75 Å². The molecule has 1 saturated carbocycles. The molecule has 0 bridgehead atoms. The summed E-state index contributed by atoms with van der Waals surface area (Å²) in [5.74, 6) is -0.310. The van der Waals surface area contributed by atoms with Crippen molar-refractivity contribution in [1.29, 1.82) is 0 Å². The molecular weight excluding hydrogens is 221 g/mol. The summed E-state index contributed by atoms with van der Waals surface area (Å²) >= 11 is 0. The van der Waals surface area contributed by atoms with Gasteiger partial charge in [0.25, 0.3) is 5.91 Å². The summed E-state index contributed by atoms with van der Waals surface area (Å²) in [6.07, 6.45) is 1.24. The standard InChI is InChI=1S/C13H16FNO2/c1-9(15-12(17)13(14)5-6-13)7-10-3-2-4-11(16)8-10/h2-4,8-9,16H,5-7H2,1H3,(H,15,17). The lowest BCUT2D eigenvalue weighted by atomic mass is 10.1. The molecule has 0 heterocycles. The van der Waals surface area contributed by atoms with Gasteiger partial charge in [-0.05, 0) is 43.9 Å². The second-order valence-electron chi connectivity index (χ2n) is 4.71. The highest BCUT2D eigenvalue weighted by atomic mass is 19.1. The summed E-state index contributed by atoms with van der Waals surface area (Å²) in [4.78, 5) is 11.5. The molecule has 1 amide bonds. The lowest BCUT2D eigenvalue weighted by Gasteiger charge is -2.15. The van der Waals surface area contributed by atoms with Gasteiger partial charge in [0.2, 0.25) is 0 Å². The van der Waals surface area contributed by atoms with Gasteiger partial charge in [0.1, 0.15) is 5.75 Å². The van der Waals surface area contributed by atoms with E-state index in [0.717, 1.165) is 5.56 Å². The van der Waals surface area contributed by atoms with Crippen molar-refractivity contribution < 1.29 is 14.3 Å².